The van der Waals surface area contributed by atoms with Crippen LogP contribution in [0.1, 0.15) is 5.56 Å². The van der Waals surface area contributed by atoms with Crippen molar-refractivity contribution < 1.29 is 4.21 Å². The first kappa shape index (κ1) is 11.3. The Labute approximate surface area is 91.0 Å². The zero-order valence-electron chi connectivity index (χ0n) is 8.19. The van der Waals surface area contributed by atoms with E-state index < -0.39 is 10.8 Å². The second kappa shape index (κ2) is 5.22. The lowest BCUT2D eigenvalue weighted by molar-refractivity contribution is 0.691. The van der Waals surface area contributed by atoms with E-state index in [1.54, 1.807) is 6.26 Å². The van der Waals surface area contributed by atoms with Gasteiger partial charge in [-0.3, -0.25) is 4.21 Å². The maximum atomic E-state index is 11.2. The number of nitrogens with two attached hydrogens (primary N) is 1. The molecule has 14 heavy (non-hydrogen) atoms. The van der Waals surface area contributed by atoms with Crippen LogP contribution < -0.4 is 5.73 Å². The van der Waals surface area contributed by atoms with E-state index in [1.807, 2.05) is 36.6 Å². The van der Waals surface area contributed by atoms with Gasteiger partial charge < -0.3 is 5.73 Å². The molecule has 1 unspecified atom stereocenters. The summed E-state index contributed by atoms with van der Waals surface area (Å²) in [6.07, 6.45) is 5.52. The molecule has 76 valence electrons. The van der Waals surface area contributed by atoms with Gasteiger partial charge in [-0.2, -0.15) is 0 Å². The van der Waals surface area contributed by atoms with Gasteiger partial charge in [0.25, 0.3) is 0 Å². The zero-order chi connectivity index (χ0) is 10.6. The first-order valence-electron chi connectivity index (χ1n) is 4.08. The van der Waals surface area contributed by atoms with Crippen LogP contribution in [0.25, 0.3) is 6.08 Å². The van der Waals surface area contributed by atoms with E-state index >= 15 is 0 Å². The lowest BCUT2D eigenvalue weighted by Gasteiger charge is -2.00. The maximum absolute atomic E-state index is 11.2. The third kappa shape index (κ3) is 3.20. The van der Waals surface area contributed by atoms with Crippen molar-refractivity contribution in [1.82, 2.24) is 0 Å². The van der Waals surface area contributed by atoms with Gasteiger partial charge in [0.1, 0.15) is 0 Å². The molecule has 0 aromatic heterocycles. The Morgan fingerprint density at radius 1 is 1.43 bits per heavy atom. The lowest BCUT2D eigenvalue weighted by Crippen LogP contribution is -1.87. The summed E-state index contributed by atoms with van der Waals surface area (Å²) in [5.74, 6) is 0. The van der Waals surface area contributed by atoms with Crippen molar-refractivity contribution in [2.75, 3.05) is 18.2 Å². The van der Waals surface area contributed by atoms with Gasteiger partial charge in [-0.15, -0.1) is 11.8 Å². The van der Waals surface area contributed by atoms with Crippen molar-refractivity contribution in [3.8, 4) is 0 Å². The number of anilines is 1. The molecule has 2 nitrogen and oxygen atoms in total. The van der Waals surface area contributed by atoms with E-state index in [2.05, 4.69) is 0 Å². The van der Waals surface area contributed by atoms with Crippen LogP contribution in [0.5, 0.6) is 0 Å². The molecule has 0 amide bonds. The van der Waals surface area contributed by atoms with Crippen molar-refractivity contribution in [2.45, 2.75) is 0 Å². The van der Waals surface area contributed by atoms with Gasteiger partial charge in [-0.1, -0.05) is 12.1 Å². The molecule has 0 aliphatic rings. The number of thioether (sulfide) groups is 1. The maximum Gasteiger partial charge on any atom is 0.0716 e. The van der Waals surface area contributed by atoms with E-state index in [0.717, 1.165) is 15.5 Å². The second-order valence-electron chi connectivity index (χ2n) is 2.79. The van der Waals surface area contributed by atoms with Gasteiger partial charge in [0.2, 0.25) is 0 Å². The largest absolute Gasteiger partial charge is 0.399 e. The van der Waals surface area contributed by atoms with Crippen LogP contribution in [0, 0.1) is 0 Å². The Balaban J connectivity index is 2.95. The standard InChI is InChI=1S/C10H13NOS2/c1-13-10(14(2)12)7-8-3-5-9(11)6-4-8/h3-7H,11H2,1-2H3. The highest BCUT2D eigenvalue weighted by atomic mass is 32.2. The minimum absolute atomic E-state index is 0.741. The fourth-order valence-corrected chi connectivity index (χ4v) is 2.48. The number of benzene rings is 1. The quantitative estimate of drug-likeness (QED) is 0.806. The van der Waals surface area contributed by atoms with E-state index in [-0.39, 0.29) is 0 Å². The SMILES string of the molecule is CSC(=Cc1ccc(N)cc1)S(C)=O. The molecule has 1 rings (SSSR count). The normalized spacial score (nSPS) is 14.0. The topological polar surface area (TPSA) is 43.1 Å². The van der Waals surface area contributed by atoms with Crippen LogP contribution in [0.15, 0.2) is 28.5 Å². The van der Waals surface area contributed by atoms with Crippen molar-refractivity contribution >= 4 is 34.3 Å². The molecule has 0 saturated heterocycles. The Kier molecular flexibility index (Phi) is 4.22. The average molecular weight is 227 g/mol. The molecule has 0 bridgehead atoms. The van der Waals surface area contributed by atoms with E-state index in [1.165, 1.54) is 11.8 Å². The number of rotatable bonds is 3. The summed E-state index contributed by atoms with van der Waals surface area (Å²) in [6, 6.07) is 7.50. The number of nitrogen functional groups attached to an aromatic ring is 1. The van der Waals surface area contributed by atoms with Gasteiger partial charge in [0.05, 0.1) is 15.0 Å². The highest BCUT2D eigenvalue weighted by molar-refractivity contribution is 8.16. The summed E-state index contributed by atoms with van der Waals surface area (Å²) in [6.45, 7) is 0. The van der Waals surface area contributed by atoms with Gasteiger partial charge in [-0.05, 0) is 30.0 Å². The van der Waals surface area contributed by atoms with Gasteiger partial charge in [0, 0.05) is 11.9 Å². The molecule has 4 heteroatoms. The Morgan fingerprint density at radius 3 is 2.43 bits per heavy atom. The van der Waals surface area contributed by atoms with Crippen LogP contribution in [0.3, 0.4) is 0 Å². The lowest BCUT2D eigenvalue weighted by atomic mass is 10.2. The fourth-order valence-electron chi connectivity index (χ4n) is 0.988. The molecule has 0 heterocycles. The summed E-state index contributed by atoms with van der Waals surface area (Å²) in [5.41, 5.74) is 7.33. The minimum Gasteiger partial charge on any atom is -0.399 e. The Hall–Kier alpha value is -0.740. The molecular weight excluding hydrogens is 214 g/mol. The minimum atomic E-state index is -0.916. The highest BCUT2D eigenvalue weighted by Gasteiger charge is 1.99. The molecule has 0 fully saturated rings. The first-order valence-corrected chi connectivity index (χ1v) is 6.86. The number of hydrogen-bond acceptors (Lipinski definition) is 3. The third-order valence-electron chi connectivity index (χ3n) is 1.71. The molecule has 0 spiro atoms. The van der Waals surface area contributed by atoms with Gasteiger partial charge >= 0.3 is 0 Å². The molecule has 1 aromatic rings. The summed E-state index contributed by atoms with van der Waals surface area (Å²) >= 11 is 1.51. The van der Waals surface area contributed by atoms with Crippen LogP contribution in [0.2, 0.25) is 0 Å². The number of hydrogen-bond donors (Lipinski definition) is 1. The van der Waals surface area contributed by atoms with Crippen molar-refractivity contribution in [3.63, 3.8) is 0 Å². The van der Waals surface area contributed by atoms with E-state index in [9.17, 15) is 4.21 Å². The van der Waals surface area contributed by atoms with Gasteiger partial charge in [0.15, 0.2) is 0 Å². The molecular formula is C10H13NOS2. The summed E-state index contributed by atoms with van der Waals surface area (Å²) < 4.78 is 12.1. The smallest absolute Gasteiger partial charge is 0.0716 e. The summed E-state index contributed by atoms with van der Waals surface area (Å²) in [7, 11) is -0.916. The molecule has 2 N–H and O–H groups in total. The van der Waals surface area contributed by atoms with Crippen molar-refractivity contribution in [2.24, 2.45) is 0 Å². The molecule has 0 aliphatic carbocycles. The van der Waals surface area contributed by atoms with Crippen LogP contribution in [0.4, 0.5) is 5.69 Å². The van der Waals surface area contributed by atoms with Crippen LogP contribution in [-0.2, 0) is 10.8 Å². The third-order valence-corrected chi connectivity index (χ3v) is 4.11. The summed E-state index contributed by atoms with van der Waals surface area (Å²) in [4.78, 5) is 0. The highest BCUT2D eigenvalue weighted by Crippen LogP contribution is 2.19. The van der Waals surface area contributed by atoms with Gasteiger partial charge in [-0.25, -0.2) is 0 Å². The zero-order valence-corrected chi connectivity index (χ0v) is 9.82. The molecule has 1 atom stereocenters. The first-order chi connectivity index (χ1) is 6.63. The van der Waals surface area contributed by atoms with E-state index in [4.69, 9.17) is 5.73 Å². The molecule has 0 aliphatic heterocycles. The predicted molar refractivity (Wildman–Crippen MR) is 66.4 cm³/mol. The van der Waals surface area contributed by atoms with E-state index in [0.29, 0.717) is 0 Å². The second-order valence-corrected chi connectivity index (χ2v) is 5.24. The Bertz CT molecular complexity index is 357. The Morgan fingerprint density at radius 2 is 2.00 bits per heavy atom. The predicted octanol–water partition coefficient (Wildman–Crippen LogP) is 2.31. The summed E-state index contributed by atoms with van der Waals surface area (Å²) in [5, 5.41) is 0. The van der Waals surface area contributed by atoms with Crippen molar-refractivity contribution in [3.05, 3.63) is 34.1 Å². The fraction of sp³-hybridized carbons (Fsp3) is 0.200. The van der Waals surface area contributed by atoms with Crippen molar-refractivity contribution in [1.29, 1.82) is 0 Å². The average Bonchev–Trinajstić information content (AvgIpc) is 2.16. The molecule has 1 aromatic carbocycles. The van der Waals surface area contributed by atoms with Crippen LogP contribution in [-0.4, -0.2) is 16.7 Å². The monoisotopic (exact) mass is 227 g/mol. The molecule has 0 radical (unpaired) electrons. The molecule has 0 saturated carbocycles. The van der Waals surface area contributed by atoms with Crippen LogP contribution >= 0.6 is 11.8 Å².